The van der Waals surface area contributed by atoms with Crippen molar-refractivity contribution in [2.45, 2.75) is 39.5 Å². The van der Waals surface area contributed by atoms with Crippen LogP contribution >= 0.6 is 0 Å². The average Bonchev–Trinajstić information content (AvgIpc) is 2.42. The van der Waals surface area contributed by atoms with Gasteiger partial charge < -0.3 is 10.6 Å². The van der Waals surface area contributed by atoms with E-state index in [1.807, 2.05) is 4.90 Å². The highest BCUT2D eigenvalue weighted by molar-refractivity contribution is 5.76. The summed E-state index contributed by atoms with van der Waals surface area (Å²) in [5.74, 6) is 0.246. The van der Waals surface area contributed by atoms with Crippen LogP contribution in [0, 0.1) is 6.92 Å². The number of carbonyl (C=O) groups excluding carboxylic acids is 1. The van der Waals surface area contributed by atoms with Crippen LogP contribution in [0.5, 0.6) is 0 Å². The average molecular weight is 262 g/mol. The Labute approximate surface area is 116 Å². The molecule has 1 aromatic rings. The third-order valence-electron chi connectivity index (χ3n) is 3.23. The van der Waals surface area contributed by atoms with Crippen molar-refractivity contribution in [3.8, 4) is 0 Å². The highest BCUT2D eigenvalue weighted by Gasteiger charge is 2.11. The number of nitrogens with two attached hydrogens (primary N) is 1. The molecule has 3 heteroatoms. The lowest BCUT2D eigenvalue weighted by Crippen LogP contribution is -2.33. The number of hydrogen-bond acceptors (Lipinski definition) is 2. The van der Waals surface area contributed by atoms with Crippen LogP contribution in [0.15, 0.2) is 24.3 Å². The van der Waals surface area contributed by atoms with Gasteiger partial charge in [0.25, 0.3) is 0 Å². The monoisotopic (exact) mass is 262 g/mol. The Bertz CT molecular complexity index is 373. The SMILES string of the molecule is CCCN(CCCN)C(=O)CCc1ccc(C)cc1. The van der Waals surface area contributed by atoms with Gasteiger partial charge in [0, 0.05) is 19.5 Å². The predicted octanol–water partition coefficient (Wildman–Crippen LogP) is 2.52. The second kappa shape index (κ2) is 8.70. The maximum absolute atomic E-state index is 12.2. The summed E-state index contributed by atoms with van der Waals surface area (Å²) < 4.78 is 0. The van der Waals surface area contributed by atoms with E-state index in [1.165, 1.54) is 11.1 Å². The van der Waals surface area contributed by atoms with Crippen LogP contribution in [-0.2, 0) is 11.2 Å². The fourth-order valence-corrected chi connectivity index (χ4v) is 2.08. The smallest absolute Gasteiger partial charge is 0.222 e. The summed E-state index contributed by atoms with van der Waals surface area (Å²) in [5.41, 5.74) is 8.00. The lowest BCUT2D eigenvalue weighted by atomic mass is 10.1. The maximum atomic E-state index is 12.2. The molecule has 0 atom stereocenters. The molecule has 0 aliphatic rings. The molecule has 0 aromatic heterocycles. The number of aryl methyl sites for hydroxylation is 2. The van der Waals surface area contributed by atoms with Crippen LogP contribution in [0.1, 0.15) is 37.3 Å². The minimum atomic E-state index is 0.246. The van der Waals surface area contributed by atoms with Crippen LogP contribution in [0.3, 0.4) is 0 Å². The molecule has 0 unspecified atom stereocenters. The summed E-state index contributed by atoms with van der Waals surface area (Å²) in [6, 6.07) is 8.40. The summed E-state index contributed by atoms with van der Waals surface area (Å²) in [6.45, 7) is 6.45. The highest BCUT2D eigenvalue weighted by Crippen LogP contribution is 2.08. The van der Waals surface area contributed by atoms with E-state index < -0.39 is 0 Å². The van der Waals surface area contributed by atoms with Crippen LogP contribution in [0.25, 0.3) is 0 Å². The van der Waals surface area contributed by atoms with Crippen molar-refractivity contribution >= 4 is 5.91 Å². The molecule has 106 valence electrons. The Balaban J connectivity index is 2.44. The zero-order valence-electron chi connectivity index (χ0n) is 12.2. The molecular formula is C16H26N2O. The summed E-state index contributed by atoms with van der Waals surface area (Å²) >= 11 is 0. The van der Waals surface area contributed by atoms with E-state index in [9.17, 15) is 4.79 Å². The van der Waals surface area contributed by atoms with Gasteiger partial charge in [-0.15, -0.1) is 0 Å². The molecular weight excluding hydrogens is 236 g/mol. The van der Waals surface area contributed by atoms with Crippen LogP contribution in [0.4, 0.5) is 0 Å². The minimum absolute atomic E-state index is 0.246. The first-order chi connectivity index (χ1) is 9.17. The first kappa shape index (κ1) is 15.7. The van der Waals surface area contributed by atoms with Gasteiger partial charge in [-0.25, -0.2) is 0 Å². The quantitative estimate of drug-likeness (QED) is 0.782. The van der Waals surface area contributed by atoms with Gasteiger partial charge in [-0.2, -0.15) is 0 Å². The second-order valence-corrected chi connectivity index (χ2v) is 5.01. The van der Waals surface area contributed by atoms with Crippen LogP contribution in [0.2, 0.25) is 0 Å². The molecule has 1 amide bonds. The van der Waals surface area contributed by atoms with Crippen LogP contribution < -0.4 is 5.73 Å². The van der Waals surface area contributed by atoms with Crippen molar-refractivity contribution in [2.24, 2.45) is 5.73 Å². The zero-order chi connectivity index (χ0) is 14.1. The summed E-state index contributed by atoms with van der Waals surface area (Å²) in [6.07, 6.45) is 3.30. The summed E-state index contributed by atoms with van der Waals surface area (Å²) in [4.78, 5) is 14.1. The lowest BCUT2D eigenvalue weighted by molar-refractivity contribution is -0.131. The van der Waals surface area contributed by atoms with E-state index in [0.29, 0.717) is 13.0 Å². The van der Waals surface area contributed by atoms with Crippen molar-refractivity contribution in [1.82, 2.24) is 4.90 Å². The van der Waals surface area contributed by atoms with Gasteiger partial charge in [0.05, 0.1) is 0 Å². The number of benzene rings is 1. The Kier molecular flexibility index (Phi) is 7.19. The van der Waals surface area contributed by atoms with Crippen molar-refractivity contribution < 1.29 is 4.79 Å². The van der Waals surface area contributed by atoms with E-state index >= 15 is 0 Å². The van der Waals surface area contributed by atoms with Crippen molar-refractivity contribution in [2.75, 3.05) is 19.6 Å². The molecule has 0 aliphatic carbocycles. The van der Waals surface area contributed by atoms with E-state index in [0.717, 1.165) is 32.4 Å². The Morgan fingerprint density at radius 3 is 2.47 bits per heavy atom. The van der Waals surface area contributed by atoms with Gasteiger partial charge >= 0.3 is 0 Å². The molecule has 1 aromatic carbocycles. The maximum Gasteiger partial charge on any atom is 0.222 e. The van der Waals surface area contributed by atoms with E-state index in [-0.39, 0.29) is 5.91 Å². The Morgan fingerprint density at radius 1 is 1.21 bits per heavy atom. The van der Waals surface area contributed by atoms with Gasteiger partial charge in [-0.1, -0.05) is 36.8 Å². The third-order valence-corrected chi connectivity index (χ3v) is 3.23. The zero-order valence-corrected chi connectivity index (χ0v) is 12.2. The molecule has 0 bridgehead atoms. The molecule has 0 fully saturated rings. The standard InChI is InChI=1S/C16H26N2O/c1-3-12-18(13-4-11-17)16(19)10-9-15-7-5-14(2)6-8-15/h5-8H,3-4,9-13,17H2,1-2H3. The number of nitrogens with zero attached hydrogens (tertiary/aromatic N) is 1. The molecule has 0 radical (unpaired) electrons. The summed E-state index contributed by atoms with van der Waals surface area (Å²) in [7, 11) is 0. The first-order valence-corrected chi connectivity index (χ1v) is 7.20. The van der Waals surface area contributed by atoms with E-state index in [2.05, 4.69) is 38.1 Å². The molecule has 0 saturated heterocycles. The number of amides is 1. The Morgan fingerprint density at radius 2 is 1.89 bits per heavy atom. The van der Waals surface area contributed by atoms with Crippen molar-refractivity contribution in [1.29, 1.82) is 0 Å². The molecule has 1 rings (SSSR count). The summed E-state index contributed by atoms with van der Waals surface area (Å²) in [5, 5.41) is 0. The van der Waals surface area contributed by atoms with Gasteiger partial charge in [-0.3, -0.25) is 4.79 Å². The van der Waals surface area contributed by atoms with Gasteiger partial charge in [0.2, 0.25) is 5.91 Å². The molecule has 2 N–H and O–H groups in total. The van der Waals surface area contributed by atoms with Gasteiger partial charge in [0.1, 0.15) is 0 Å². The molecule has 0 heterocycles. The fraction of sp³-hybridized carbons (Fsp3) is 0.562. The van der Waals surface area contributed by atoms with Crippen molar-refractivity contribution in [3.63, 3.8) is 0 Å². The second-order valence-electron chi connectivity index (χ2n) is 5.01. The normalized spacial score (nSPS) is 10.5. The number of rotatable bonds is 8. The molecule has 0 aliphatic heterocycles. The fourth-order valence-electron chi connectivity index (χ4n) is 2.08. The molecule has 19 heavy (non-hydrogen) atoms. The van der Waals surface area contributed by atoms with Gasteiger partial charge in [0.15, 0.2) is 0 Å². The number of hydrogen-bond donors (Lipinski definition) is 1. The van der Waals surface area contributed by atoms with E-state index in [4.69, 9.17) is 5.73 Å². The first-order valence-electron chi connectivity index (χ1n) is 7.20. The predicted molar refractivity (Wildman–Crippen MR) is 80.0 cm³/mol. The lowest BCUT2D eigenvalue weighted by Gasteiger charge is -2.22. The van der Waals surface area contributed by atoms with E-state index in [1.54, 1.807) is 0 Å². The third kappa shape index (κ3) is 5.88. The number of carbonyl (C=O) groups is 1. The molecule has 0 saturated carbocycles. The van der Waals surface area contributed by atoms with Crippen molar-refractivity contribution in [3.05, 3.63) is 35.4 Å². The topological polar surface area (TPSA) is 46.3 Å². The van der Waals surface area contributed by atoms with Gasteiger partial charge in [-0.05, 0) is 38.3 Å². The highest BCUT2D eigenvalue weighted by atomic mass is 16.2. The Hall–Kier alpha value is -1.35. The largest absolute Gasteiger partial charge is 0.343 e. The molecule has 0 spiro atoms. The van der Waals surface area contributed by atoms with Crippen LogP contribution in [-0.4, -0.2) is 30.4 Å². The minimum Gasteiger partial charge on any atom is -0.343 e. The molecule has 3 nitrogen and oxygen atoms in total.